The number of hydrogen-bond acceptors (Lipinski definition) is 4. The SMILES string of the molecule is CC(=O)N[C@@H]1c2sc3ccccc3c2C[C@@H]2C(=O)N(C)C(=O)[C@@H]21. The maximum absolute atomic E-state index is 12.5. The van der Waals surface area contributed by atoms with Crippen LogP contribution < -0.4 is 5.32 Å². The molecule has 2 aliphatic rings. The average Bonchev–Trinajstić information content (AvgIpc) is 2.99. The summed E-state index contributed by atoms with van der Waals surface area (Å²) < 4.78 is 1.13. The van der Waals surface area contributed by atoms with Crippen molar-refractivity contribution in [1.29, 1.82) is 0 Å². The molecule has 1 aromatic carbocycles. The molecular formula is C17H16N2O3S. The number of nitrogens with zero attached hydrogens (tertiary/aromatic N) is 1. The molecule has 1 fully saturated rings. The van der Waals surface area contributed by atoms with E-state index in [1.165, 1.54) is 18.9 Å². The van der Waals surface area contributed by atoms with E-state index < -0.39 is 12.0 Å². The highest BCUT2D eigenvalue weighted by Gasteiger charge is 2.53. The molecule has 0 bridgehead atoms. The van der Waals surface area contributed by atoms with Crippen molar-refractivity contribution in [3.63, 3.8) is 0 Å². The molecule has 0 saturated carbocycles. The number of nitrogens with one attached hydrogen (secondary N) is 1. The third kappa shape index (κ3) is 1.94. The summed E-state index contributed by atoms with van der Waals surface area (Å²) >= 11 is 1.61. The number of fused-ring (bicyclic) bond motifs is 4. The normalized spacial score (nSPS) is 26.3. The van der Waals surface area contributed by atoms with Crippen molar-refractivity contribution in [2.24, 2.45) is 11.8 Å². The zero-order valence-electron chi connectivity index (χ0n) is 12.8. The number of imide groups is 1. The average molecular weight is 328 g/mol. The molecule has 5 nitrogen and oxygen atoms in total. The number of carbonyl (C=O) groups is 3. The standard InChI is InChI=1S/C17H16N2O3S/c1-8(20)18-14-13-11(16(21)19(2)17(13)22)7-10-9-5-3-4-6-12(9)23-15(10)14/h3-6,11,13-14H,7H2,1-2H3,(H,18,20)/t11-,13-,14-/m0/s1. The fourth-order valence-electron chi connectivity index (χ4n) is 3.83. The Morgan fingerprint density at radius 3 is 2.74 bits per heavy atom. The lowest BCUT2D eigenvalue weighted by atomic mass is 9.76. The molecule has 4 rings (SSSR count). The van der Waals surface area contributed by atoms with E-state index in [0.717, 1.165) is 20.5 Å². The van der Waals surface area contributed by atoms with Crippen LogP contribution in [-0.2, 0) is 20.8 Å². The Kier molecular flexibility index (Phi) is 3.06. The second-order valence-electron chi connectivity index (χ2n) is 6.19. The molecule has 1 aliphatic carbocycles. The first-order chi connectivity index (χ1) is 11.0. The highest BCUT2D eigenvalue weighted by Crippen LogP contribution is 2.49. The third-order valence-corrected chi connectivity index (χ3v) is 6.15. The Morgan fingerprint density at radius 1 is 1.26 bits per heavy atom. The minimum Gasteiger partial charge on any atom is -0.348 e. The Hall–Kier alpha value is -2.21. The van der Waals surface area contributed by atoms with E-state index in [4.69, 9.17) is 0 Å². The molecule has 0 spiro atoms. The van der Waals surface area contributed by atoms with Gasteiger partial charge in [0.1, 0.15) is 0 Å². The molecule has 1 aliphatic heterocycles. The van der Waals surface area contributed by atoms with Gasteiger partial charge in [-0.2, -0.15) is 0 Å². The predicted octanol–water partition coefficient (Wildman–Crippen LogP) is 1.87. The van der Waals surface area contributed by atoms with E-state index >= 15 is 0 Å². The van der Waals surface area contributed by atoms with Gasteiger partial charge in [0.2, 0.25) is 17.7 Å². The second kappa shape index (κ2) is 4.89. The third-order valence-electron chi connectivity index (χ3n) is 4.85. The fraction of sp³-hybridized carbons (Fsp3) is 0.353. The number of likely N-dealkylation sites (tertiary alicyclic amines) is 1. The molecule has 3 amide bonds. The van der Waals surface area contributed by atoms with Gasteiger partial charge in [0, 0.05) is 23.5 Å². The summed E-state index contributed by atoms with van der Waals surface area (Å²) in [5.74, 6) is -1.39. The molecule has 1 saturated heterocycles. The van der Waals surface area contributed by atoms with E-state index in [2.05, 4.69) is 5.32 Å². The number of carbonyl (C=O) groups excluding carboxylic acids is 3. The number of amides is 3. The van der Waals surface area contributed by atoms with Crippen LogP contribution in [0.15, 0.2) is 24.3 Å². The fourth-order valence-corrected chi connectivity index (χ4v) is 5.17. The van der Waals surface area contributed by atoms with Crippen molar-refractivity contribution in [2.75, 3.05) is 7.05 Å². The first-order valence-electron chi connectivity index (χ1n) is 7.58. The summed E-state index contributed by atoms with van der Waals surface area (Å²) in [5, 5.41) is 4.03. The van der Waals surface area contributed by atoms with Crippen LogP contribution in [0.4, 0.5) is 0 Å². The van der Waals surface area contributed by atoms with Gasteiger partial charge < -0.3 is 5.32 Å². The van der Waals surface area contributed by atoms with Gasteiger partial charge in [-0.15, -0.1) is 11.3 Å². The summed E-state index contributed by atoms with van der Waals surface area (Å²) in [6, 6.07) is 7.61. The van der Waals surface area contributed by atoms with E-state index in [1.54, 1.807) is 11.3 Å². The molecule has 118 valence electrons. The molecule has 0 unspecified atom stereocenters. The Morgan fingerprint density at radius 2 is 2.00 bits per heavy atom. The quantitative estimate of drug-likeness (QED) is 0.813. The van der Waals surface area contributed by atoms with Gasteiger partial charge in [-0.05, 0) is 23.4 Å². The minimum absolute atomic E-state index is 0.142. The summed E-state index contributed by atoms with van der Waals surface area (Å²) in [5.41, 5.74) is 1.10. The minimum atomic E-state index is -0.489. The molecule has 23 heavy (non-hydrogen) atoms. The monoisotopic (exact) mass is 328 g/mol. The molecule has 0 radical (unpaired) electrons. The summed E-state index contributed by atoms with van der Waals surface area (Å²) in [6.07, 6.45) is 0.564. The predicted molar refractivity (Wildman–Crippen MR) is 86.8 cm³/mol. The van der Waals surface area contributed by atoms with Crippen LogP contribution in [0.5, 0.6) is 0 Å². The summed E-state index contributed by atoms with van der Waals surface area (Å²) in [6.45, 7) is 1.45. The van der Waals surface area contributed by atoms with Crippen molar-refractivity contribution in [3.8, 4) is 0 Å². The van der Waals surface area contributed by atoms with E-state index in [9.17, 15) is 14.4 Å². The van der Waals surface area contributed by atoms with Gasteiger partial charge in [0.25, 0.3) is 0 Å². The number of thiophene rings is 1. The molecule has 1 aromatic heterocycles. The smallest absolute Gasteiger partial charge is 0.235 e. The van der Waals surface area contributed by atoms with Crippen LogP contribution >= 0.6 is 11.3 Å². The Labute approximate surface area is 137 Å². The summed E-state index contributed by atoms with van der Waals surface area (Å²) in [4.78, 5) is 38.9. The van der Waals surface area contributed by atoms with Crippen molar-refractivity contribution in [2.45, 2.75) is 19.4 Å². The number of benzene rings is 1. The molecule has 2 aromatic rings. The van der Waals surface area contributed by atoms with Crippen LogP contribution in [0.3, 0.4) is 0 Å². The lowest BCUT2D eigenvalue weighted by Gasteiger charge is -2.31. The van der Waals surface area contributed by atoms with Crippen molar-refractivity contribution in [1.82, 2.24) is 10.2 Å². The maximum atomic E-state index is 12.5. The van der Waals surface area contributed by atoms with E-state index in [0.29, 0.717) is 6.42 Å². The van der Waals surface area contributed by atoms with Crippen LogP contribution in [0.2, 0.25) is 0 Å². The van der Waals surface area contributed by atoms with Gasteiger partial charge in [-0.25, -0.2) is 0 Å². The zero-order chi connectivity index (χ0) is 16.3. The topological polar surface area (TPSA) is 66.5 Å². The molecule has 3 atom stereocenters. The Bertz CT molecular complexity index is 857. The highest BCUT2D eigenvalue weighted by atomic mass is 32.1. The van der Waals surface area contributed by atoms with Crippen LogP contribution in [0, 0.1) is 11.8 Å². The largest absolute Gasteiger partial charge is 0.348 e. The lowest BCUT2D eigenvalue weighted by molar-refractivity contribution is -0.138. The van der Waals surface area contributed by atoms with Crippen LogP contribution in [0.1, 0.15) is 23.4 Å². The van der Waals surface area contributed by atoms with Gasteiger partial charge >= 0.3 is 0 Å². The van der Waals surface area contributed by atoms with Gasteiger partial charge in [-0.3, -0.25) is 19.3 Å². The van der Waals surface area contributed by atoms with Crippen LogP contribution in [-0.4, -0.2) is 29.7 Å². The van der Waals surface area contributed by atoms with Crippen molar-refractivity contribution >= 4 is 39.1 Å². The highest BCUT2D eigenvalue weighted by molar-refractivity contribution is 7.19. The van der Waals surface area contributed by atoms with Gasteiger partial charge in [0.15, 0.2) is 0 Å². The van der Waals surface area contributed by atoms with Crippen LogP contribution in [0.25, 0.3) is 10.1 Å². The van der Waals surface area contributed by atoms with Gasteiger partial charge in [-0.1, -0.05) is 18.2 Å². The number of hydrogen-bond donors (Lipinski definition) is 1. The molecule has 2 heterocycles. The van der Waals surface area contributed by atoms with E-state index in [1.807, 2.05) is 24.3 Å². The first kappa shape index (κ1) is 14.4. The molecule has 6 heteroatoms. The Balaban J connectivity index is 1.92. The van der Waals surface area contributed by atoms with Gasteiger partial charge in [0.05, 0.1) is 17.9 Å². The molecule has 1 N–H and O–H groups in total. The first-order valence-corrected chi connectivity index (χ1v) is 8.39. The summed E-state index contributed by atoms with van der Waals surface area (Å²) in [7, 11) is 1.53. The maximum Gasteiger partial charge on any atom is 0.235 e. The second-order valence-corrected chi connectivity index (χ2v) is 7.27. The lowest BCUT2D eigenvalue weighted by Crippen LogP contribution is -2.40. The molecular weight excluding hydrogens is 312 g/mol. The van der Waals surface area contributed by atoms with Crippen molar-refractivity contribution in [3.05, 3.63) is 34.7 Å². The zero-order valence-corrected chi connectivity index (χ0v) is 13.6. The van der Waals surface area contributed by atoms with Crippen molar-refractivity contribution < 1.29 is 14.4 Å². The van der Waals surface area contributed by atoms with E-state index in [-0.39, 0.29) is 23.6 Å². The number of rotatable bonds is 1.